The van der Waals surface area contributed by atoms with Crippen LogP contribution in [0.15, 0.2) is 30.5 Å². The molecule has 1 unspecified atom stereocenters. The van der Waals surface area contributed by atoms with Crippen LogP contribution in [-0.2, 0) is 4.74 Å². The summed E-state index contributed by atoms with van der Waals surface area (Å²) in [6.45, 7) is 3.18. The average Bonchev–Trinajstić information content (AvgIpc) is 3.09. The molecule has 1 fully saturated rings. The van der Waals surface area contributed by atoms with Crippen molar-refractivity contribution in [1.29, 1.82) is 0 Å². The molecule has 1 amide bonds. The fraction of sp³-hybridized carbons (Fsp3) is 0.316. The largest absolute Gasteiger partial charge is 0.380 e. The van der Waals surface area contributed by atoms with E-state index in [9.17, 15) is 4.79 Å². The molecule has 3 aromatic rings. The Labute approximate surface area is 156 Å². The fourth-order valence-electron chi connectivity index (χ4n) is 3.39. The van der Waals surface area contributed by atoms with Gasteiger partial charge in [0.2, 0.25) is 0 Å². The number of benzene rings is 1. The van der Waals surface area contributed by atoms with E-state index in [1.54, 1.807) is 0 Å². The van der Waals surface area contributed by atoms with Gasteiger partial charge in [-0.2, -0.15) is 0 Å². The minimum absolute atomic E-state index is 0.0327. The first-order valence-corrected chi connectivity index (χ1v) is 8.88. The van der Waals surface area contributed by atoms with E-state index in [0.717, 1.165) is 22.9 Å². The van der Waals surface area contributed by atoms with E-state index in [0.29, 0.717) is 30.4 Å². The number of ether oxygens (including phenoxy) is 1. The number of nitrogens with two attached hydrogens (primary N) is 2. The molecule has 2 atom stereocenters. The second-order valence-electron chi connectivity index (χ2n) is 6.81. The fourth-order valence-corrected chi connectivity index (χ4v) is 3.39. The molecule has 27 heavy (non-hydrogen) atoms. The zero-order valence-electron chi connectivity index (χ0n) is 15.0. The van der Waals surface area contributed by atoms with Crippen molar-refractivity contribution in [3.05, 3.63) is 41.7 Å². The van der Waals surface area contributed by atoms with Crippen molar-refractivity contribution < 1.29 is 9.53 Å². The SMILES string of the molecule is Cc1cccc2[nH]c(-c3nc(N[C@@H]4CCOCC4N)cnc3C(N)=O)cc12. The van der Waals surface area contributed by atoms with Crippen LogP contribution in [0.4, 0.5) is 5.82 Å². The van der Waals surface area contributed by atoms with Gasteiger partial charge in [-0.3, -0.25) is 4.79 Å². The smallest absolute Gasteiger partial charge is 0.269 e. The minimum Gasteiger partial charge on any atom is -0.380 e. The number of H-pyrrole nitrogens is 1. The highest BCUT2D eigenvalue weighted by Crippen LogP contribution is 2.27. The van der Waals surface area contributed by atoms with Crippen molar-refractivity contribution in [2.24, 2.45) is 11.5 Å². The van der Waals surface area contributed by atoms with Gasteiger partial charge in [0.15, 0.2) is 5.69 Å². The Bertz CT molecular complexity index is 999. The highest BCUT2D eigenvalue weighted by Gasteiger charge is 2.24. The zero-order valence-corrected chi connectivity index (χ0v) is 15.0. The van der Waals surface area contributed by atoms with Crippen LogP contribution in [0.5, 0.6) is 0 Å². The Kier molecular flexibility index (Phi) is 4.51. The number of hydrogen-bond donors (Lipinski definition) is 4. The van der Waals surface area contributed by atoms with E-state index in [2.05, 4.69) is 20.3 Å². The topological polar surface area (TPSA) is 132 Å². The third-order valence-corrected chi connectivity index (χ3v) is 4.88. The van der Waals surface area contributed by atoms with Crippen LogP contribution in [0.25, 0.3) is 22.3 Å². The first-order chi connectivity index (χ1) is 13.0. The molecule has 8 heteroatoms. The quantitative estimate of drug-likeness (QED) is 0.554. The van der Waals surface area contributed by atoms with Crippen LogP contribution in [0.3, 0.4) is 0 Å². The standard InChI is InChI=1S/C19H22N6O2/c1-10-3-2-4-13-11(10)7-15(23-13)17-18(19(21)26)22-8-16(25-17)24-14-5-6-27-9-12(14)20/h2-4,7-8,12,14,23H,5-6,9,20H2,1H3,(H2,21,26)(H,24,25)/t12?,14-/m1/s1. The van der Waals surface area contributed by atoms with Crippen LogP contribution < -0.4 is 16.8 Å². The molecule has 1 aliphatic heterocycles. The summed E-state index contributed by atoms with van der Waals surface area (Å²) in [4.78, 5) is 24.0. The second kappa shape index (κ2) is 6.98. The van der Waals surface area contributed by atoms with Gasteiger partial charge in [-0.25, -0.2) is 9.97 Å². The summed E-state index contributed by atoms with van der Waals surface area (Å²) in [6.07, 6.45) is 2.29. The highest BCUT2D eigenvalue weighted by atomic mass is 16.5. The Morgan fingerprint density at radius 2 is 2.26 bits per heavy atom. The molecule has 140 valence electrons. The summed E-state index contributed by atoms with van der Waals surface area (Å²) in [6, 6.07) is 7.85. The molecule has 0 spiro atoms. The molecule has 6 N–H and O–H groups in total. The van der Waals surface area contributed by atoms with Crippen molar-refractivity contribution in [3.8, 4) is 11.4 Å². The van der Waals surface area contributed by atoms with Crippen molar-refractivity contribution >= 4 is 22.6 Å². The molecule has 1 saturated heterocycles. The molecule has 3 heterocycles. The van der Waals surface area contributed by atoms with Gasteiger partial charge in [0.1, 0.15) is 11.5 Å². The number of aromatic nitrogens is 3. The third kappa shape index (κ3) is 3.36. The molecule has 2 aromatic heterocycles. The van der Waals surface area contributed by atoms with E-state index in [1.165, 1.54) is 6.20 Å². The number of aromatic amines is 1. The zero-order chi connectivity index (χ0) is 19.0. The normalized spacial score (nSPS) is 19.9. The van der Waals surface area contributed by atoms with Crippen molar-refractivity contribution in [1.82, 2.24) is 15.0 Å². The van der Waals surface area contributed by atoms with Gasteiger partial charge in [-0.15, -0.1) is 0 Å². The van der Waals surface area contributed by atoms with Gasteiger partial charge in [0.05, 0.1) is 18.5 Å². The molecule has 0 saturated carbocycles. The monoisotopic (exact) mass is 366 g/mol. The number of carbonyl (C=O) groups excluding carboxylic acids is 1. The summed E-state index contributed by atoms with van der Waals surface area (Å²) in [5.74, 6) is -0.0741. The van der Waals surface area contributed by atoms with Crippen molar-refractivity contribution in [2.75, 3.05) is 18.5 Å². The van der Waals surface area contributed by atoms with Crippen LogP contribution >= 0.6 is 0 Å². The summed E-state index contributed by atoms with van der Waals surface area (Å²) in [5.41, 5.74) is 15.0. The average molecular weight is 366 g/mol. The third-order valence-electron chi connectivity index (χ3n) is 4.88. The molecular weight excluding hydrogens is 344 g/mol. The first kappa shape index (κ1) is 17.4. The van der Waals surface area contributed by atoms with Crippen LogP contribution in [0.1, 0.15) is 22.5 Å². The van der Waals surface area contributed by atoms with Gasteiger partial charge < -0.3 is 26.5 Å². The Morgan fingerprint density at radius 3 is 3.00 bits per heavy atom. The van der Waals surface area contributed by atoms with Crippen LogP contribution in [-0.4, -0.2) is 46.2 Å². The molecule has 0 radical (unpaired) electrons. The maximum Gasteiger partial charge on any atom is 0.269 e. The number of primary amides is 1. The lowest BCUT2D eigenvalue weighted by Gasteiger charge is -2.29. The van der Waals surface area contributed by atoms with Gasteiger partial charge in [0, 0.05) is 29.6 Å². The molecule has 4 rings (SSSR count). The van der Waals surface area contributed by atoms with Crippen LogP contribution in [0.2, 0.25) is 0 Å². The van der Waals surface area contributed by atoms with E-state index >= 15 is 0 Å². The number of hydrogen-bond acceptors (Lipinski definition) is 6. The van der Waals surface area contributed by atoms with E-state index in [4.69, 9.17) is 16.2 Å². The number of nitrogens with zero attached hydrogens (tertiary/aromatic N) is 2. The van der Waals surface area contributed by atoms with Gasteiger partial charge >= 0.3 is 0 Å². The van der Waals surface area contributed by atoms with Crippen LogP contribution in [0, 0.1) is 6.92 Å². The number of amides is 1. The molecule has 0 aliphatic carbocycles. The predicted octanol–water partition coefficient (Wildman–Crippen LogP) is 1.56. The van der Waals surface area contributed by atoms with Gasteiger partial charge in [-0.1, -0.05) is 12.1 Å². The lowest BCUT2D eigenvalue weighted by molar-refractivity contribution is 0.0752. The first-order valence-electron chi connectivity index (χ1n) is 8.88. The summed E-state index contributed by atoms with van der Waals surface area (Å²) in [5, 5.41) is 4.37. The van der Waals surface area contributed by atoms with E-state index in [1.807, 2.05) is 31.2 Å². The van der Waals surface area contributed by atoms with Gasteiger partial charge in [-0.05, 0) is 31.0 Å². The molecular formula is C19H22N6O2. The Balaban J connectivity index is 1.75. The second-order valence-corrected chi connectivity index (χ2v) is 6.81. The lowest BCUT2D eigenvalue weighted by atomic mass is 10.0. The molecule has 1 aromatic carbocycles. The maximum absolute atomic E-state index is 11.9. The molecule has 8 nitrogen and oxygen atoms in total. The lowest BCUT2D eigenvalue weighted by Crippen LogP contribution is -2.47. The maximum atomic E-state index is 11.9. The van der Waals surface area contributed by atoms with Crippen molar-refractivity contribution in [2.45, 2.75) is 25.4 Å². The number of nitrogens with one attached hydrogen (secondary N) is 2. The van der Waals surface area contributed by atoms with Crippen molar-refractivity contribution in [3.63, 3.8) is 0 Å². The van der Waals surface area contributed by atoms with E-state index < -0.39 is 5.91 Å². The number of anilines is 1. The molecule has 0 bridgehead atoms. The number of aryl methyl sites for hydroxylation is 1. The Hall–Kier alpha value is -2.97. The Morgan fingerprint density at radius 1 is 1.41 bits per heavy atom. The summed E-state index contributed by atoms with van der Waals surface area (Å²) < 4.78 is 5.37. The molecule has 1 aliphatic rings. The highest BCUT2D eigenvalue weighted by molar-refractivity contribution is 5.98. The van der Waals surface area contributed by atoms with Gasteiger partial charge in [0.25, 0.3) is 5.91 Å². The number of fused-ring (bicyclic) bond motifs is 1. The number of rotatable bonds is 4. The minimum atomic E-state index is -0.623. The van der Waals surface area contributed by atoms with E-state index in [-0.39, 0.29) is 17.8 Å². The summed E-state index contributed by atoms with van der Waals surface area (Å²) >= 11 is 0. The summed E-state index contributed by atoms with van der Waals surface area (Å²) in [7, 11) is 0. The number of carbonyl (C=O) groups is 1. The predicted molar refractivity (Wildman–Crippen MR) is 103 cm³/mol.